The van der Waals surface area contributed by atoms with E-state index in [-0.39, 0.29) is 10.8 Å². The van der Waals surface area contributed by atoms with Gasteiger partial charge in [0.1, 0.15) is 22.3 Å². The SMILES string of the molecule is CC1(C)c2ccc(N(c3ccc4c(c3)oc3cc5c(ccc6c5c5cccc7c8ccc(N(c9ccc%10c(c9)-c9cc%11ccccc%11cc9C%10(C)C)c9cccc%10c9oc9ccccc9%10)cc8n6c75)cc34)c3cccc4c3oc3ccccc34)cc2-c2cc3ccccc3cc21. The molecular formula is C90H57N3O3. The van der Waals surface area contributed by atoms with E-state index in [0.29, 0.717) is 0 Å². The minimum atomic E-state index is -0.178. The van der Waals surface area contributed by atoms with Crippen molar-refractivity contribution in [3.8, 4) is 22.3 Å². The van der Waals surface area contributed by atoms with E-state index in [1.807, 2.05) is 6.07 Å². The van der Waals surface area contributed by atoms with Gasteiger partial charge >= 0.3 is 0 Å². The van der Waals surface area contributed by atoms with Gasteiger partial charge < -0.3 is 27.5 Å². The molecule has 0 saturated carbocycles. The van der Waals surface area contributed by atoms with Crippen LogP contribution >= 0.6 is 0 Å². The Morgan fingerprint density at radius 1 is 0.271 bits per heavy atom. The third-order valence-electron chi connectivity index (χ3n) is 22.2. The first-order chi connectivity index (χ1) is 47.1. The zero-order chi connectivity index (χ0) is 63.2. The van der Waals surface area contributed by atoms with Crippen molar-refractivity contribution in [2.75, 3.05) is 9.80 Å². The lowest BCUT2D eigenvalue weighted by Crippen LogP contribution is -2.15. The largest absolute Gasteiger partial charge is 0.456 e. The fraction of sp³-hybridized carbons (Fsp3) is 0.0667. The van der Waals surface area contributed by atoms with E-state index in [1.165, 1.54) is 93.1 Å². The molecule has 0 fully saturated rings. The van der Waals surface area contributed by atoms with Gasteiger partial charge in [0.25, 0.3) is 0 Å². The molecule has 0 bridgehead atoms. The number of para-hydroxylation sites is 5. The molecule has 20 aromatic rings. The molecule has 2 aliphatic carbocycles. The van der Waals surface area contributed by atoms with E-state index < -0.39 is 0 Å². The molecule has 0 aliphatic heterocycles. The molecule has 0 N–H and O–H groups in total. The number of anilines is 6. The molecule has 0 amide bonds. The van der Waals surface area contributed by atoms with Crippen LogP contribution in [0.5, 0.6) is 0 Å². The van der Waals surface area contributed by atoms with Gasteiger partial charge in [-0.2, -0.15) is 0 Å². The monoisotopic (exact) mass is 1230 g/mol. The summed E-state index contributed by atoms with van der Waals surface area (Å²) < 4.78 is 23.5. The molecule has 0 atom stereocenters. The second kappa shape index (κ2) is 18.4. The van der Waals surface area contributed by atoms with E-state index in [9.17, 15) is 0 Å². The van der Waals surface area contributed by atoms with Crippen molar-refractivity contribution < 1.29 is 13.3 Å². The predicted molar refractivity (Wildman–Crippen MR) is 400 cm³/mol. The predicted octanol–water partition coefficient (Wildman–Crippen LogP) is 25.5. The number of rotatable bonds is 6. The summed E-state index contributed by atoms with van der Waals surface area (Å²) >= 11 is 0. The Kier molecular flexibility index (Phi) is 10.0. The number of fused-ring (bicyclic) bond motifs is 25. The van der Waals surface area contributed by atoms with Crippen LogP contribution < -0.4 is 9.80 Å². The second-order valence-electron chi connectivity index (χ2n) is 27.9. The maximum Gasteiger partial charge on any atom is 0.159 e. The van der Waals surface area contributed by atoms with Crippen LogP contribution in [-0.2, 0) is 10.8 Å². The Bertz CT molecular complexity index is 6870. The van der Waals surface area contributed by atoms with Crippen molar-refractivity contribution in [1.82, 2.24) is 4.40 Å². The second-order valence-corrected chi connectivity index (χ2v) is 27.9. The number of furan rings is 3. The van der Waals surface area contributed by atoms with Gasteiger partial charge in [-0.25, -0.2) is 0 Å². The normalized spacial score (nSPS) is 14.0. The molecule has 450 valence electrons. The third kappa shape index (κ3) is 6.89. The number of benzene rings is 15. The highest BCUT2D eigenvalue weighted by Crippen LogP contribution is 2.56. The lowest BCUT2D eigenvalue weighted by molar-refractivity contribution is 0.661. The van der Waals surface area contributed by atoms with Crippen LogP contribution in [0.3, 0.4) is 0 Å². The van der Waals surface area contributed by atoms with Crippen LogP contribution in [0, 0.1) is 0 Å². The van der Waals surface area contributed by atoms with Crippen molar-refractivity contribution in [2.24, 2.45) is 0 Å². The van der Waals surface area contributed by atoms with E-state index in [1.54, 1.807) is 0 Å². The zero-order valence-electron chi connectivity index (χ0n) is 53.0. The average molecular weight is 1230 g/mol. The first kappa shape index (κ1) is 52.4. The van der Waals surface area contributed by atoms with Crippen molar-refractivity contribution in [1.29, 1.82) is 0 Å². The molecule has 2 aliphatic rings. The summed E-state index contributed by atoms with van der Waals surface area (Å²) in [5.74, 6) is 0. The Hall–Kier alpha value is -12.1. The van der Waals surface area contributed by atoms with E-state index in [4.69, 9.17) is 13.3 Å². The molecular weight excluding hydrogens is 1170 g/mol. The van der Waals surface area contributed by atoms with Gasteiger partial charge in [-0.15, -0.1) is 0 Å². The summed E-state index contributed by atoms with van der Waals surface area (Å²) in [5.41, 5.74) is 24.7. The summed E-state index contributed by atoms with van der Waals surface area (Å²) in [7, 11) is 0. The molecule has 5 heterocycles. The maximum atomic E-state index is 7.19. The summed E-state index contributed by atoms with van der Waals surface area (Å²) in [5, 5.41) is 18.7. The fourth-order valence-corrected chi connectivity index (χ4v) is 17.6. The molecule has 5 aromatic heterocycles. The summed E-state index contributed by atoms with van der Waals surface area (Å²) in [6.07, 6.45) is 0. The molecule has 15 aromatic carbocycles. The van der Waals surface area contributed by atoms with Gasteiger partial charge in [0, 0.05) is 87.8 Å². The lowest BCUT2D eigenvalue weighted by atomic mass is 9.82. The minimum absolute atomic E-state index is 0.177. The van der Waals surface area contributed by atoms with Crippen molar-refractivity contribution in [2.45, 2.75) is 38.5 Å². The molecule has 96 heavy (non-hydrogen) atoms. The highest BCUT2D eigenvalue weighted by molar-refractivity contribution is 6.30. The lowest BCUT2D eigenvalue weighted by Gasteiger charge is -2.27. The van der Waals surface area contributed by atoms with Crippen molar-refractivity contribution in [3.05, 3.63) is 295 Å². The smallest absolute Gasteiger partial charge is 0.159 e. The average Bonchev–Trinajstić information content (AvgIpc) is 1.52. The van der Waals surface area contributed by atoms with Gasteiger partial charge in [-0.3, -0.25) is 0 Å². The number of nitrogens with zero attached hydrogens (tertiary/aromatic N) is 3. The summed E-state index contributed by atoms with van der Waals surface area (Å²) in [6, 6.07) is 101. The van der Waals surface area contributed by atoms with Gasteiger partial charge in [0.15, 0.2) is 11.2 Å². The van der Waals surface area contributed by atoms with Crippen molar-refractivity contribution >= 4 is 170 Å². The quantitative estimate of drug-likeness (QED) is 0.166. The van der Waals surface area contributed by atoms with Gasteiger partial charge in [0.2, 0.25) is 0 Å². The van der Waals surface area contributed by atoms with Gasteiger partial charge in [-0.05, 0) is 192 Å². The van der Waals surface area contributed by atoms with Crippen LogP contribution in [-0.4, -0.2) is 4.40 Å². The highest BCUT2D eigenvalue weighted by Gasteiger charge is 2.39. The first-order valence-electron chi connectivity index (χ1n) is 33.4. The van der Waals surface area contributed by atoms with Gasteiger partial charge in [0.05, 0.1) is 33.6 Å². The standard InChI is InChI=1S/C90H57N3O3/c1-89(2)73-37-33-55(45-70(73)68-40-50-16-5-7-18-52(50)43-75(68)89)91(78-26-14-23-64-60-20-9-11-28-81(60)95-87(64)78)57-31-35-59-63-22-13-25-66-85-67-49-84-72(42-54(67)30-39-77(85)93(86(63)66)80(59)47-57)62-36-32-58(48-83(62)94-84)92(79-27-15-24-65-61-21-10-12-29-82(61)96-88(65)79)56-34-38-74-71(46-56)69-41-51-17-6-8-19-53(51)44-76(69)90(74,3)4/h5-49H,1-4H3. The molecule has 0 spiro atoms. The molecule has 22 rings (SSSR count). The Morgan fingerprint density at radius 3 is 1.33 bits per heavy atom. The summed E-state index contributed by atoms with van der Waals surface area (Å²) in [6.45, 7) is 9.46. The van der Waals surface area contributed by atoms with Crippen LogP contribution in [0.25, 0.3) is 158 Å². The number of hydrogen-bond acceptors (Lipinski definition) is 5. The minimum Gasteiger partial charge on any atom is -0.456 e. The van der Waals surface area contributed by atoms with Crippen LogP contribution in [0.2, 0.25) is 0 Å². The third-order valence-corrected chi connectivity index (χ3v) is 22.2. The zero-order valence-corrected chi connectivity index (χ0v) is 53.0. The van der Waals surface area contributed by atoms with E-state index in [2.05, 4.69) is 309 Å². The molecule has 0 radical (unpaired) electrons. The highest BCUT2D eigenvalue weighted by atomic mass is 16.3. The molecule has 6 nitrogen and oxygen atoms in total. The van der Waals surface area contributed by atoms with E-state index in [0.717, 1.165) is 122 Å². The molecule has 0 unspecified atom stereocenters. The van der Waals surface area contributed by atoms with Crippen molar-refractivity contribution in [3.63, 3.8) is 0 Å². The van der Waals surface area contributed by atoms with Crippen LogP contribution in [0.15, 0.2) is 286 Å². The van der Waals surface area contributed by atoms with E-state index >= 15 is 0 Å². The fourth-order valence-electron chi connectivity index (χ4n) is 17.6. The number of aromatic nitrogens is 1. The van der Waals surface area contributed by atoms with Gasteiger partial charge in [-0.1, -0.05) is 179 Å². The maximum absolute atomic E-state index is 7.19. The number of hydrogen-bond donors (Lipinski definition) is 0. The van der Waals surface area contributed by atoms with Crippen LogP contribution in [0.4, 0.5) is 34.1 Å². The summed E-state index contributed by atoms with van der Waals surface area (Å²) in [4.78, 5) is 4.79. The Morgan fingerprint density at radius 2 is 0.729 bits per heavy atom. The van der Waals surface area contributed by atoms with Crippen LogP contribution in [0.1, 0.15) is 49.9 Å². The first-order valence-corrected chi connectivity index (χ1v) is 33.4. The molecule has 0 saturated heterocycles. The topological polar surface area (TPSA) is 50.3 Å². The Labute approximate surface area is 550 Å². The Balaban J connectivity index is 0.719. The molecule has 6 heteroatoms.